The van der Waals surface area contributed by atoms with Gasteiger partial charge >= 0.3 is 0 Å². The highest BCUT2D eigenvalue weighted by atomic mass is 16.5. The molecule has 0 aromatic carbocycles. The van der Waals surface area contributed by atoms with Gasteiger partial charge in [-0.25, -0.2) is 0 Å². The van der Waals surface area contributed by atoms with E-state index in [0.717, 1.165) is 19.5 Å². The zero-order valence-electron chi connectivity index (χ0n) is 10.0. The van der Waals surface area contributed by atoms with E-state index in [-0.39, 0.29) is 24.2 Å². The first-order valence-electron chi connectivity index (χ1n) is 5.67. The first-order chi connectivity index (χ1) is 7.59. The zero-order valence-corrected chi connectivity index (χ0v) is 10.0. The van der Waals surface area contributed by atoms with Gasteiger partial charge in [-0.05, 0) is 13.3 Å². The second-order valence-electron chi connectivity index (χ2n) is 4.42. The van der Waals surface area contributed by atoms with Gasteiger partial charge in [0, 0.05) is 25.6 Å². The first kappa shape index (κ1) is 13.0. The van der Waals surface area contributed by atoms with Gasteiger partial charge < -0.3 is 15.4 Å². The van der Waals surface area contributed by atoms with Crippen LogP contribution >= 0.6 is 0 Å². The van der Waals surface area contributed by atoms with Crippen molar-refractivity contribution in [2.45, 2.75) is 38.3 Å². The number of carbonyl (C=O) groups excluding carboxylic acids is 1. The Bertz CT molecular complexity index is 279. The molecular weight excluding hydrogens is 204 g/mol. The molecule has 4 nitrogen and oxygen atoms in total. The van der Waals surface area contributed by atoms with Crippen LogP contribution in [0.3, 0.4) is 0 Å². The molecule has 0 radical (unpaired) electrons. The monoisotopic (exact) mass is 224 g/mol. The maximum Gasteiger partial charge on any atom is 0.246 e. The molecule has 1 rings (SSSR count). The van der Waals surface area contributed by atoms with Crippen LogP contribution in [0.15, 0.2) is 0 Å². The SMILES string of the molecule is C#CCC(CC)NC(=O)COC1(C)CNC1. The molecule has 0 saturated carbocycles. The van der Waals surface area contributed by atoms with Gasteiger partial charge in [-0.2, -0.15) is 0 Å². The Morgan fingerprint density at radius 2 is 2.38 bits per heavy atom. The van der Waals surface area contributed by atoms with Crippen LogP contribution in [0.2, 0.25) is 0 Å². The van der Waals surface area contributed by atoms with E-state index >= 15 is 0 Å². The Hall–Kier alpha value is -1.05. The van der Waals surface area contributed by atoms with Gasteiger partial charge in [0.2, 0.25) is 5.91 Å². The van der Waals surface area contributed by atoms with Crippen molar-refractivity contribution in [3.63, 3.8) is 0 Å². The third kappa shape index (κ3) is 3.84. The highest BCUT2D eigenvalue weighted by Crippen LogP contribution is 2.14. The standard InChI is InChI=1S/C12H20N2O2/c1-4-6-10(5-2)14-11(15)7-16-12(3)8-13-9-12/h1,10,13H,5-9H2,2-3H3,(H,14,15). The van der Waals surface area contributed by atoms with Crippen LogP contribution < -0.4 is 10.6 Å². The topological polar surface area (TPSA) is 50.4 Å². The number of terminal acetylenes is 1. The molecule has 4 heteroatoms. The normalized spacial score (nSPS) is 19.3. The number of ether oxygens (including phenoxy) is 1. The van der Waals surface area contributed by atoms with Crippen molar-refractivity contribution in [2.75, 3.05) is 19.7 Å². The average Bonchev–Trinajstić information content (AvgIpc) is 2.23. The van der Waals surface area contributed by atoms with E-state index in [1.807, 2.05) is 13.8 Å². The van der Waals surface area contributed by atoms with Gasteiger partial charge in [0.25, 0.3) is 0 Å². The Kier molecular flexibility index (Phi) is 4.78. The third-order valence-corrected chi connectivity index (χ3v) is 2.77. The van der Waals surface area contributed by atoms with Gasteiger partial charge in [-0.3, -0.25) is 4.79 Å². The molecule has 0 spiro atoms. The molecule has 1 saturated heterocycles. The Labute approximate surface area is 97.1 Å². The highest BCUT2D eigenvalue weighted by molar-refractivity contribution is 5.77. The molecule has 1 aliphatic heterocycles. The predicted molar refractivity (Wildman–Crippen MR) is 62.9 cm³/mol. The fourth-order valence-electron chi connectivity index (χ4n) is 1.53. The van der Waals surface area contributed by atoms with E-state index in [9.17, 15) is 4.79 Å². The van der Waals surface area contributed by atoms with Crippen molar-refractivity contribution in [2.24, 2.45) is 0 Å². The quantitative estimate of drug-likeness (QED) is 0.637. The molecule has 1 aliphatic rings. The minimum Gasteiger partial charge on any atom is -0.363 e. The summed E-state index contributed by atoms with van der Waals surface area (Å²) in [5.41, 5.74) is -0.175. The number of rotatable bonds is 6. The minimum absolute atomic E-state index is 0.0634. The Morgan fingerprint density at radius 3 is 2.81 bits per heavy atom. The minimum atomic E-state index is -0.175. The lowest BCUT2D eigenvalue weighted by atomic mass is 10.0. The summed E-state index contributed by atoms with van der Waals surface area (Å²) in [6.07, 6.45) is 6.63. The zero-order chi connectivity index (χ0) is 12.0. The molecule has 0 aliphatic carbocycles. The number of nitrogens with one attached hydrogen (secondary N) is 2. The Morgan fingerprint density at radius 1 is 1.69 bits per heavy atom. The summed E-state index contributed by atoms with van der Waals surface area (Å²) in [4.78, 5) is 11.5. The van der Waals surface area contributed by atoms with Crippen LogP contribution in [-0.2, 0) is 9.53 Å². The van der Waals surface area contributed by atoms with Gasteiger partial charge in [0.1, 0.15) is 6.61 Å². The molecule has 1 fully saturated rings. The van der Waals surface area contributed by atoms with Crippen LogP contribution in [0.5, 0.6) is 0 Å². The van der Waals surface area contributed by atoms with Crippen molar-refractivity contribution in [3.8, 4) is 12.3 Å². The maximum atomic E-state index is 11.5. The van der Waals surface area contributed by atoms with Gasteiger partial charge in [0.05, 0.1) is 5.60 Å². The van der Waals surface area contributed by atoms with Crippen LogP contribution in [0.25, 0.3) is 0 Å². The largest absolute Gasteiger partial charge is 0.363 e. The number of hydrogen-bond donors (Lipinski definition) is 2. The maximum absolute atomic E-state index is 11.5. The van der Waals surface area contributed by atoms with Crippen molar-refractivity contribution < 1.29 is 9.53 Å². The predicted octanol–water partition coefficient (Wildman–Crippen LogP) is 0.283. The number of hydrogen-bond acceptors (Lipinski definition) is 3. The number of amides is 1. The van der Waals surface area contributed by atoms with E-state index in [4.69, 9.17) is 11.2 Å². The highest BCUT2D eigenvalue weighted by Gasteiger charge is 2.33. The van der Waals surface area contributed by atoms with Crippen molar-refractivity contribution in [3.05, 3.63) is 0 Å². The van der Waals surface area contributed by atoms with E-state index in [0.29, 0.717) is 6.42 Å². The summed E-state index contributed by atoms with van der Waals surface area (Å²) in [5.74, 6) is 2.47. The van der Waals surface area contributed by atoms with Crippen LogP contribution in [0.4, 0.5) is 0 Å². The van der Waals surface area contributed by atoms with Crippen LogP contribution in [0, 0.1) is 12.3 Å². The van der Waals surface area contributed by atoms with Crippen molar-refractivity contribution in [1.29, 1.82) is 0 Å². The fraction of sp³-hybridized carbons (Fsp3) is 0.750. The molecule has 16 heavy (non-hydrogen) atoms. The summed E-state index contributed by atoms with van der Waals surface area (Å²) in [5, 5.41) is 5.98. The lowest BCUT2D eigenvalue weighted by molar-refractivity contribution is -0.136. The van der Waals surface area contributed by atoms with Gasteiger partial charge in [0.15, 0.2) is 0 Å². The number of carbonyl (C=O) groups is 1. The lowest BCUT2D eigenvalue weighted by Gasteiger charge is -2.38. The molecular formula is C12H20N2O2. The smallest absolute Gasteiger partial charge is 0.246 e. The average molecular weight is 224 g/mol. The van der Waals surface area contributed by atoms with Crippen molar-refractivity contribution >= 4 is 5.91 Å². The third-order valence-electron chi connectivity index (χ3n) is 2.77. The van der Waals surface area contributed by atoms with Crippen molar-refractivity contribution in [1.82, 2.24) is 10.6 Å². The molecule has 1 amide bonds. The van der Waals surface area contributed by atoms with Gasteiger partial charge in [-0.15, -0.1) is 12.3 Å². The van der Waals surface area contributed by atoms with E-state index in [1.54, 1.807) is 0 Å². The van der Waals surface area contributed by atoms with Gasteiger partial charge in [-0.1, -0.05) is 6.92 Å². The second-order valence-corrected chi connectivity index (χ2v) is 4.42. The molecule has 0 bridgehead atoms. The molecule has 1 atom stereocenters. The lowest BCUT2D eigenvalue weighted by Crippen LogP contribution is -2.59. The first-order valence-corrected chi connectivity index (χ1v) is 5.67. The molecule has 90 valence electrons. The Balaban J connectivity index is 2.22. The molecule has 1 heterocycles. The van der Waals surface area contributed by atoms with Crippen LogP contribution in [-0.4, -0.2) is 37.2 Å². The summed E-state index contributed by atoms with van der Waals surface area (Å²) in [6.45, 7) is 5.72. The second kappa shape index (κ2) is 5.88. The fourth-order valence-corrected chi connectivity index (χ4v) is 1.53. The van der Waals surface area contributed by atoms with E-state index < -0.39 is 0 Å². The molecule has 1 unspecified atom stereocenters. The van der Waals surface area contributed by atoms with E-state index in [2.05, 4.69) is 16.6 Å². The van der Waals surface area contributed by atoms with Crippen LogP contribution in [0.1, 0.15) is 26.7 Å². The molecule has 0 aromatic heterocycles. The van der Waals surface area contributed by atoms with E-state index in [1.165, 1.54) is 0 Å². The summed E-state index contributed by atoms with van der Waals surface area (Å²) in [7, 11) is 0. The molecule has 2 N–H and O–H groups in total. The molecule has 0 aromatic rings. The summed E-state index contributed by atoms with van der Waals surface area (Å²) in [6, 6.07) is 0.0634. The summed E-state index contributed by atoms with van der Waals surface area (Å²) < 4.78 is 5.52. The summed E-state index contributed by atoms with van der Waals surface area (Å²) >= 11 is 0.